The highest BCUT2D eigenvalue weighted by Crippen LogP contribution is 2.44. The minimum absolute atomic E-state index is 0.0930. The number of rotatable bonds is 4. The molecule has 6 nitrogen and oxygen atoms in total. The van der Waals surface area contributed by atoms with Crippen molar-refractivity contribution >= 4 is 5.91 Å². The third-order valence-corrected chi connectivity index (χ3v) is 5.24. The van der Waals surface area contributed by atoms with Crippen molar-refractivity contribution in [1.29, 1.82) is 0 Å². The first-order chi connectivity index (χ1) is 10.6. The van der Waals surface area contributed by atoms with Gasteiger partial charge in [-0.15, -0.1) is 5.10 Å². The van der Waals surface area contributed by atoms with Gasteiger partial charge in [-0.05, 0) is 18.3 Å². The van der Waals surface area contributed by atoms with Crippen LogP contribution < -0.4 is 15.4 Å². The van der Waals surface area contributed by atoms with Crippen LogP contribution in [0.25, 0.3) is 0 Å². The summed E-state index contributed by atoms with van der Waals surface area (Å²) in [5, 5.41) is 10.7. The van der Waals surface area contributed by atoms with E-state index in [2.05, 4.69) is 15.7 Å². The summed E-state index contributed by atoms with van der Waals surface area (Å²) in [5.41, 5.74) is 1.10. The number of carbonyl (C=O) groups is 1. The van der Waals surface area contributed by atoms with Gasteiger partial charge in [0, 0.05) is 32.9 Å². The molecule has 3 rings (SSSR count). The second kappa shape index (κ2) is 6.28. The number of hydrogen-bond donors (Lipinski definition) is 2. The summed E-state index contributed by atoms with van der Waals surface area (Å²) in [6.45, 7) is 2.26. The van der Waals surface area contributed by atoms with E-state index in [9.17, 15) is 4.79 Å². The van der Waals surface area contributed by atoms with Gasteiger partial charge in [-0.25, -0.2) is 0 Å². The second-order valence-electron chi connectivity index (χ2n) is 6.66. The van der Waals surface area contributed by atoms with Crippen LogP contribution in [0.4, 0.5) is 0 Å². The molecule has 1 saturated carbocycles. The van der Waals surface area contributed by atoms with E-state index in [1.165, 1.54) is 32.1 Å². The van der Waals surface area contributed by atoms with Crippen molar-refractivity contribution in [2.24, 2.45) is 18.4 Å². The summed E-state index contributed by atoms with van der Waals surface area (Å²) >= 11 is 0. The molecule has 6 heteroatoms. The molecule has 1 aliphatic heterocycles. The molecule has 2 fully saturated rings. The van der Waals surface area contributed by atoms with E-state index in [1.54, 1.807) is 11.8 Å². The van der Waals surface area contributed by atoms with Crippen molar-refractivity contribution in [2.75, 3.05) is 20.2 Å². The molecular weight excluding hydrogens is 280 g/mol. The Bertz CT molecular complexity index is 534. The first-order valence-corrected chi connectivity index (χ1v) is 8.19. The number of aryl methyl sites for hydroxylation is 1. The Morgan fingerprint density at radius 2 is 2.27 bits per heavy atom. The Morgan fingerprint density at radius 3 is 3.00 bits per heavy atom. The van der Waals surface area contributed by atoms with Crippen LogP contribution in [0.5, 0.6) is 5.88 Å². The van der Waals surface area contributed by atoms with Crippen molar-refractivity contribution in [1.82, 2.24) is 20.4 Å². The summed E-state index contributed by atoms with van der Waals surface area (Å²) < 4.78 is 6.95. The van der Waals surface area contributed by atoms with Gasteiger partial charge in [-0.1, -0.05) is 19.3 Å². The lowest BCUT2D eigenvalue weighted by Gasteiger charge is -2.37. The first-order valence-electron chi connectivity index (χ1n) is 8.19. The molecule has 1 aromatic rings. The lowest BCUT2D eigenvalue weighted by atomic mass is 9.67. The number of aromatic nitrogens is 2. The van der Waals surface area contributed by atoms with Crippen molar-refractivity contribution in [3.05, 3.63) is 11.8 Å². The lowest BCUT2D eigenvalue weighted by molar-refractivity contribution is -0.128. The number of nitrogens with one attached hydrogen (secondary N) is 2. The third kappa shape index (κ3) is 2.84. The molecule has 1 aromatic heterocycles. The maximum absolute atomic E-state index is 12.7. The minimum atomic E-state index is 0.0930. The molecule has 0 radical (unpaired) electrons. The van der Waals surface area contributed by atoms with Crippen molar-refractivity contribution in [3.63, 3.8) is 0 Å². The predicted octanol–water partition coefficient (Wildman–Crippen LogP) is 1.21. The highest BCUT2D eigenvalue weighted by Gasteiger charge is 2.46. The van der Waals surface area contributed by atoms with E-state index < -0.39 is 0 Å². The molecule has 1 amide bonds. The topological polar surface area (TPSA) is 68.2 Å². The fourth-order valence-corrected chi connectivity index (χ4v) is 4.07. The molecule has 0 bridgehead atoms. The molecule has 1 aliphatic carbocycles. The van der Waals surface area contributed by atoms with E-state index in [4.69, 9.17) is 4.74 Å². The molecular formula is C16H26N4O2. The second-order valence-corrected chi connectivity index (χ2v) is 6.66. The van der Waals surface area contributed by atoms with E-state index >= 15 is 0 Å². The van der Waals surface area contributed by atoms with E-state index in [1.807, 2.05) is 13.2 Å². The normalized spacial score (nSPS) is 23.6. The van der Waals surface area contributed by atoms with Gasteiger partial charge in [0.05, 0.1) is 18.6 Å². The number of amides is 1. The Morgan fingerprint density at radius 1 is 1.50 bits per heavy atom. The molecule has 1 saturated heterocycles. The fourth-order valence-electron chi connectivity index (χ4n) is 4.07. The summed E-state index contributed by atoms with van der Waals surface area (Å²) in [7, 11) is 3.46. The van der Waals surface area contributed by atoms with Crippen LogP contribution in [-0.4, -0.2) is 35.9 Å². The molecule has 22 heavy (non-hydrogen) atoms. The summed E-state index contributed by atoms with van der Waals surface area (Å²) in [4.78, 5) is 12.7. The third-order valence-electron chi connectivity index (χ3n) is 5.24. The smallest absolute Gasteiger partial charge is 0.237 e. The van der Waals surface area contributed by atoms with Crippen LogP contribution in [0.1, 0.15) is 37.7 Å². The fraction of sp³-hybridized carbons (Fsp3) is 0.750. The zero-order valence-electron chi connectivity index (χ0n) is 13.5. The predicted molar refractivity (Wildman–Crippen MR) is 83.5 cm³/mol. The number of methoxy groups -OCH3 is 1. The number of carbonyl (C=O) groups excluding carboxylic acids is 1. The van der Waals surface area contributed by atoms with Gasteiger partial charge < -0.3 is 15.4 Å². The zero-order chi connectivity index (χ0) is 15.6. The van der Waals surface area contributed by atoms with E-state index in [0.717, 1.165) is 18.7 Å². The molecule has 1 spiro atoms. The Balaban J connectivity index is 1.64. The van der Waals surface area contributed by atoms with Crippen LogP contribution in [0.15, 0.2) is 6.20 Å². The number of nitrogens with zero attached hydrogens (tertiary/aromatic N) is 2. The maximum atomic E-state index is 12.7. The molecule has 122 valence electrons. The Hall–Kier alpha value is -1.56. The molecule has 1 unspecified atom stereocenters. The van der Waals surface area contributed by atoms with Gasteiger partial charge in [-0.3, -0.25) is 9.48 Å². The maximum Gasteiger partial charge on any atom is 0.237 e. The molecule has 2 aliphatic rings. The van der Waals surface area contributed by atoms with Crippen molar-refractivity contribution < 1.29 is 9.53 Å². The van der Waals surface area contributed by atoms with Gasteiger partial charge >= 0.3 is 0 Å². The molecule has 0 aromatic carbocycles. The highest BCUT2D eigenvalue weighted by atomic mass is 16.5. The van der Waals surface area contributed by atoms with Gasteiger partial charge in [-0.2, -0.15) is 0 Å². The first kappa shape index (κ1) is 15.3. The monoisotopic (exact) mass is 306 g/mol. The van der Waals surface area contributed by atoms with Crippen molar-refractivity contribution in [2.45, 2.75) is 38.6 Å². The average Bonchev–Trinajstić information content (AvgIpc) is 3.09. The van der Waals surface area contributed by atoms with Crippen LogP contribution in [-0.2, 0) is 18.4 Å². The van der Waals surface area contributed by atoms with Crippen molar-refractivity contribution in [3.8, 4) is 5.88 Å². The number of ether oxygens (including phenoxy) is 1. The summed E-state index contributed by atoms with van der Waals surface area (Å²) in [6.07, 6.45) is 8.05. The highest BCUT2D eigenvalue weighted by molar-refractivity contribution is 5.80. The lowest BCUT2D eigenvalue weighted by Crippen LogP contribution is -2.42. The average molecular weight is 306 g/mol. The van der Waals surface area contributed by atoms with Gasteiger partial charge in [0.15, 0.2) is 0 Å². The van der Waals surface area contributed by atoms with E-state index in [-0.39, 0.29) is 17.2 Å². The molecule has 2 heterocycles. The van der Waals surface area contributed by atoms with Crippen LogP contribution in [0.3, 0.4) is 0 Å². The molecule has 1 atom stereocenters. The summed E-state index contributed by atoms with van der Waals surface area (Å²) in [5.74, 6) is 0.841. The van der Waals surface area contributed by atoms with Gasteiger partial charge in [0.25, 0.3) is 0 Å². The van der Waals surface area contributed by atoms with E-state index in [0.29, 0.717) is 12.4 Å². The quantitative estimate of drug-likeness (QED) is 0.877. The zero-order valence-corrected chi connectivity index (χ0v) is 13.5. The van der Waals surface area contributed by atoms with Gasteiger partial charge in [0.2, 0.25) is 11.8 Å². The Kier molecular flexibility index (Phi) is 4.38. The van der Waals surface area contributed by atoms with Crippen LogP contribution in [0, 0.1) is 11.3 Å². The van der Waals surface area contributed by atoms with Gasteiger partial charge in [0.1, 0.15) is 0 Å². The standard InChI is InChI=1S/C16H26N4O2/c1-20-10-12(15(19-20)22-2)8-18-14(21)13-9-17-11-16(13)6-4-3-5-7-16/h10,13,17H,3-9,11H2,1-2H3,(H,18,21). The largest absolute Gasteiger partial charge is 0.480 e. The van der Waals surface area contributed by atoms with Crippen LogP contribution >= 0.6 is 0 Å². The number of hydrogen-bond acceptors (Lipinski definition) is 4. The summed E-state index contributed by atoms with van der Waals surface area (Å²) in [6, 6.07) is 0. The molecule has 2 N–H and O–H groups in total. The SMILES string of the molecule is COc1nn(C)cc1CNC(=O)C1CNCC12CCCCC2. The van der Waals surface area contributed by atoms with Crippen LogP contribution in [0.2, 0.25) is 0 Å². The minimum Gasteiger partial charge on any atom is -0.480 e. The Labute approximate surface area is 131 Å².